The maximum absolute atomic E-state index is 12.6. The summed E-state index contributed by atoms with van der Waals surface area (Å²) in [5.41, 5.74) is 0.582. The second-order valence-corrected chi connectivity index (χ2v) is 6.99. The van der Waals surface area contributed by atoms with Gasteiger partial charge in [-0.1, -0.05) is 18.2 Å². The fraction of sp³-hybridized carbons (Fsp3) is 0.632. The number of likely N-dealkylation sites (tertiary alicyclic amines) is 1. The first kappa shape index (κ1) is 19.8. The first-order chi connectivity index (χ1) is 12.9. The average Bonchev–Trinajstić information content (AvgIpc) is 3.22. The van der Waals surface area contributed by atoms with E-state index < -0.39 is 6.36 Å². The molecule has 1 N–H and O–H groups in total. The molecule has 3 unspecified atom stereocenters. The van der Waals surface area contributed by atoms with Gasteiger partial charge in [0.05, 0.1) is 6.61 Å². The molecular weight excluding hydrogens is 359 g/mol. The van der Waals surface area contributed by atoms with Crippen molar-refractivity contribution in [3.05, 3.63) is 29.8 Å². The molecule has 1 saturated carbocycles. The van der Waals surface area contributed by atoms with E-state index >= 15 is 0 Å². The van der Waals surface area contributed by atoms with Gasteiger partial charge in [0, 0.05) is 44.6 Å². The molecular formula is C19H26F3N3O2. The zero-order chi connectivity index (χ0) is 19.4. The normalized spacial score (nSPS) is 25.6. The van der Waals surface area contributed by atoms with E-state index in [2.05, 4.69) is 19.9 Å². The van der Waals surface area contributed by atoms with Crippen LogP contribution < -0.4 is 10.1 Å². The van der Waals surface area contributed by atoms with Gasteiger partial charge in [-0.2, -0.15) is 0 Å². The van der Waals surface area contributed by atoms with E-state index in [1.54, 1.807) is 25.2 Å². The van der Waals surface area contributed by atoms with E-state index in [9.17, 15) is 13.2 Å². The molecule has 3 atom stereocenters. The predicted molar refractivity (Wildman–Crippen MR) is 96.9 cm³/mol. The van der Waals surface area contributed by atoms with Crippen molar-refractivity contribution < 1.29 is 22.6 Å². The number of alkyl halides is 3. The van der Waals surface area contributed by atoms with Gasteiger partial charge in [-0.05, 0) is 31.4 Å². The largest absolute Gasteiger partial charge is 0.573 e. The lowest BCUT2D eigenvalue weighted by atomic mass is 10.1. The number of nitrogens with zero attached hydrogens (tertiary/aromatic N) is 2. The Bertz CT molecular complexity index is 666. The Labute approximate surface area is 157 Å². The zero-order valence-corrected chi connectivity index (χ0v) is 15.6. The van der Waals surface area contributed by atoms with Crippen LogP contribution in [0.3, 0.4) is 0 Å². The molecule has 0 aromatic heterocycles. The monoisotopic (exact) mass is 385 g/mol. The number of nitrogens with one attached hydrogen (secondary N) is 1. The molecule has 1 aromatic carbocycles. The summed E-state index contributed by atoms with van der Waals surface area (Å²) in [7, 11) is 1.73. The quantitative estimate of drug-likeness (QED) is 0.603. The molecule has 2 aliphatic rings. The van der Waals surface area contributed by atoms with Gasteiger partial charge in [-0.3, -0.25) is 4.99 Å². The lowest BCUT2D eigenvalue weighted by molar-refractivity contribution is -0.274. The van der Waals surface area contributed by atoms with E-state index in [-0.39, 0.29) is 17.7 Å². The summed E-state index contributed by atoms with van der Waals surface area (Å²) in [4.78, 5) is 6.55. The van der Waals surface area contributed by atoms with Crippen molar-refractivity contribution >= 4 is 5.96 Å². The SMILES string of the molecule is CCOCC1CCN(C(=NC)NC2CC2c2ccccc2OC(F)(F)F)C1. The average molecular weight is 385 g/mol. The van der Waals surface area contributed by atoms with Gasteiger partial charge in [0.2, 0.25) is 0 Å². The molecule has 1 heterocycles. The molecule has 0 bridgehead atoms. The van der Waals surface area contributed by atoms with Crippen LogP contribution >= 0.6 is 0 Å². The Morgan fingerprint density at radius 1 is 1.33 bits per heavy atom. The number of hydrogen-bond donors (Lipinski definition) is 1. The fourth-order valence-corrected chi connectivity index (χ4v) is 3.61. The van der Waals surface area contributed by atoms with Crippen LogP contribution in [0.1, 0.15) is 31.2 Å². The van der Waals surface area contributed by atoms with Crippen molar-refractivity contribution in [1.82, 2.24) is 10.2 Å². The second-order valence-electron chi connectivity index (χ2n) is 6.99. The predicted octanol–water partition coefficient (Wildman–Crippen LogP) is 3.37. The molecule has 8 heteroatoms. The van der Waals surface area contributed by atoms with Gasteiger partial charge >= 0.3 is 6.36 Å². The van der Waals surface area contributed by atoms with Crippen molar-refractivity contribution in [2.45, 2.75) is 38.1 Å². The van der Waals surface area contributed by atoms with Gasteiger partial charge in [0.15, 0.2) is 5.96 Å². The molecule has 1 aliphatic heterocycles. The van der Waals surface area contributed by atoms with Gasteiger partial charge in [-0.25, -0.2) is 0 Å². The minimum atomic E-state index is -4.69. The number of ether oxygens (including phenoxy) is 2. The second kappa shape index (κ2) is 8.37. The van der Waals surface area contributed by atoms with Crippen LogP contribution in [0, 0.1) is 5.92 Å². The molecule has 150 valence electrons. The molecule has 1 aliphatic carbocycles. The van der Waals surface area contributed by atoms with Crippen molar-refractivity contribution in [2.75, 3.05) is 33.4 Å². The fourth-order valence-electron chi connectivity index (χ4n) is 3.61. The van der Waals surface area contributed by atoms with E-state index in [0.717, 1.165) is 38.5 Å². The first-order valence-electron chi connectivity index (χ1n) is 9.32. The maximum atomic E-state index is 12.6. The summed E-state index contributed by atoms with van der Waals surface area (Å²) in [6.45, 7) is 5.24. The number of para-hydroxylation sites is 1. The van der Waals surface area contributed by atoms with Crippen molar-refractivity contribution in [3.8, 4) is 5.75 Å². The van der Waals surface area contributed by atoms with Crippen LogP contribution in [0.15, 0.2) is 29.3 Å². The van der Waals surface area contributed by atoms with E-state index in [0.29, 0.717) is 18.1 Å². The van der Waals surface area contributed by atoms with Crippen molar-refractivity contribution in [1.29, 1.82) is 0 Å². The van der Waals surface area contributed by atoms with Crippen molar-refractivity contribution in [2.24, 2.45) is 10.9 Å². The summed E-state index contributed by atoms with van der Waals surface area (Å²) in [6.07, 6.45) is -2.88. The van der Waals surface area contributed by atoms with Gasteiger partial charge in [0.25, 0.3) is 0 Å². The molecule has 27 heavy (non-hydrogen) atoms. The van der Waals surface area contributed by atoms with Crippen LogP contribution in [-0.4, -0.2) is 56.6 Å². The standard InChI is InChI=1S/C19H26F3N3O2/c1-3-26-12-13-8-9-25(11-13)18(23-2)24-16-10-15(16)14-6-4-5-7-17(14)27-19(20,21)22/h4-7,13,15-16H,3,8-12H2,1-2H3,(H,23,24). The minimum absolute atomic E-state index is 0.0119. The van der Waals surface area contributed by atoms with Crippen LogP contribution in [0.4, 0.5) is 13.2 Å². The van der Waals surface area contributed by atoms with Gasteiger partial charge in [-0.15, -0.1) is 13.2 Å². The highest BCUT2D eigenvalue weighted by Gasteiger charge is 2.43. The third-order valence-corrected chi connectivity index (χ3v) is 5.00. The molecule has 5 nitrogen and oxygen atoms in total. The number of hydrogen-bond acceptors (Lipinski definition) is 3. The Balaban J connectivity index is 1.58. The smallest absolute Gasteiger partial charge is 0.405 e. The van der Waals surface area contributed by atoms with Gasteiger partial charge in [0.1, 0.15) is 5.75 Å². The molecule has 1 aromatic rings. The maximum Gasteiger partial charge on any atom is 0.573 e. The molecule has 2 fully saturated rings. The summed E-state index contributed by atoms with van der Waals surface area (Å²) in [6, 6.07) is 6.42. The van der Waals surface area contributed by atoms with Crippen LogP contribution in [0.5, 0.6) is 5.75 Å². The number of guanidine groups is 1. The highest BCUT2D eigenvalue weighted by atomic mass is 19.4. The van der Waals surface area contributed by atoms with Crippen LogP contribution in [-0.2, 0) is 4.74 Å². The topological polar surface area (TPSA) is 46.1 Å². The summed E-state index contributed by atoms with van der Waals surface area (Å²) >= 11 is 0. The lowest BCUT2D eigenvalue weighted by Gasteiger charge is -2.22. The first-order valence-corrected chi connectivity index (χ1v) is 9.32. The lowest BCUT2D eigenvalue weighted by Crippen LogP contribution is -2.41. The van der Waals surface area contributed by atoms with E-state index in [1.165, 1.54) is 6.07 Å². The van der Waals surface area contributed by atoms with E-state index in [1.807, 2.05) is 6.92 Å². The van der Waals surface area contributed by atoms with E-state index in [4.69, 9.17) is 4.74 Å². The Morgan fingerprint density at radius 2 is 2.11 bits per heavy atom. The molecule has 0 amide bonds. The number of rotatable bonds is 6. The minimum Gasteiger partial charge on any atom is -0.405 e. The number of benzene rings is 1. The third kappa shape index (κ3) is 5.28. The van der Waals surface area contributed by atoms with Crippen LogP contribution in [0.25, 0.3) is 0 Å². The molecule has 0 radical (unpaired) electrons. The van der Waals surface area contributed by atoms with Crippen molar-refractivity contribution in [3.63, 3.8) is 0 Å². The molecule has 0 spiro atoms. The molecule has 3 rings (SSSR count). The van der Waals surface area contributed by atoms with Gasteiger partial charge < -0.3 is 19.7 Å². The Hall–Kier alpha value is -1.96. The summed E-state index contributed by atoms with van der Waals surface area (Å²) < 4.78 is 47.6. The van der Waals surface area contributed by atoms with Crippen LogP contribution in [0.2, 0.25) is 0 Å². The Kier molecular flexibility index (Phi) is 6.14. The Morgan fingerprint density at radius 3 is 2.81 bits per heavy atom. The highest BCUT2D eigenvalue weighted by molar-refractivity contribution is 5.81. The molecule has 1 saturated heterocycles. The summed E-state index contributed by atoms with van der Waals surface area (Å²) in [5.74, 6) is 1.16. The third-order valence-electron chi connectivity index (χ3n) is 5.00. The number of aliphatic imine (C=N–C) groups is 1. The zero-order valence-electron chi connectivity index (χ0n) is 15.6. The number of halogens is 3. The highest BCUT2D eigenvalue weighted by Crippen LogP contribution is 2.45. The summed E-state index contributed by atoms with van der Waals surface area (Å²) in [5, 5.41) is 3.40.